The minimum atomic E-state index is -0.494. The highest BCUT2D eigenvalue weighted by Gasteiger charge is 2.21. The number of methoxy groups -OCH3 is 1. The summed E-state index contributed by atoms with van der Waals surface area (Å²) in [6.45, 7) is 1.84. The van der Waals surface area contributed by atoms with Gasteiger partial charge in [0, 0.05) is 4.88 Å². The minimum absolute atomic E-state index is 0.193. The Morgan fingerprint density at radius 3 is 2.70 bits per heavy atom. The molecule has 2 heterocycles. The lowest BCUT2D eigenvalue weighted by atomic mass is 10.3. The number of rotatable bonds is 3. The van der Waals surface area contributed by atoms with Crippen LogP contribution in [0.5, 0.6) is 0 Å². The molecular formula is C11H9Br2N3O3S. The third-order valence-electron chi connectivity index (χ3n) is 2.37. The number of ether oxygens (including phenoxy) is 1. The van der Waals surface area contributed by atoms with Crippen molar-refractivity contribution in [3.8, 4) is 0 Å². The average Bonchev–Trinajstić information content (AvgIpc) is 2.93. The van der Waals surface area contributed by atoms with E-state index in [2.05, 4.69) is 52.1 Å². The lowest BCUT2D eigenvalue weighted by Crippen LogP contribution is -2.14. The van der Waals surface area contributed by atoms with Gasteiger partial charge in [0.1, 0.15) is 9.60 Å². The highest BCUT2D eigenvalue weighted by molar-refractivity contribution is 9.13. The predicted molar refractivity (Wildman–Crippen MR) is 82.3 cm³/mol. The Hall–Kier alpha value is -1.19. The standard InChI is InChI=1S/C11H9Br2N3O3S/c1-4-3-5(11(18)19-2)10(20-4)14-9(17)7-6(12)8(13)16-15-7/h3H,1-2H3,(H,14,17)(H,15,16). The predicted octanol–water partition coefficient (Wildman–Crippen LogP) is 3.34. The third-order valence-corrected chi connectivity index (χ3v) is 5.21. The van der Waals surface area contributed by atoms with E-state index in [9.17, 15) is 9.59 Å². The number of esters is 1. The van der Waals surface area contributed by atoms with E-state index in [1.54, 1.807) is 6.07 Å². The summed E-state index contributed by atoms with van der Waals surface area (Å²) in [6, 6.07) is 1.67. The van der Waals surface area contributed by atoms with E-state index in [-0.39, 0.29) is 5.69 Å². The number of anilines is 1. The number of carbonyl (C=O) groups excluding carboxylic acids is 2. The molecule has 0 aliphatic rings. The first-order valence-corrected chi connectivity index (χ1v) is 7.73. The summed E-state index contributed by atoms with van der Waals surface area (Å²) in [5.41, 5.74) is 0.521. The second kappa shape index (κ2) is 6.06. The molecule has 2 aromatic rings. The summed E-state index contributed by atoms with van der Waals surface area (Å²) in [6.07, 6.45) is 0. The van der Waals surface area contributed by atoms with Gasteiger partial charge in [-0.2, -0.15) is 5.10 Å². The van der Waals surface area contributed by atoms with Crippen molar-refractivity contribution < 1.29 is 14.3 Å². The zero-order chi connectivity index (χ0) is 14.9. The van der Waals surface area contributed by atoms with Gasteiger partial charge in [-0.1, -0.05) is 0 Å². The summed E-state index contributed by atoms with van der Waals surface area (Å²) in [4.78, 5) is 24.7. The van der Waals surface area contributed by atoms with Crippen LogP contribution in [0.15, 0.2) is 15.1 Å². The number of amides is 1. The molecule has 0 aliphatic carbocycles. The molecule has 2 aromatic heterocycles. The van der Waals surface area contributed by atoms with Crippen LogP contribution in [-0.4, -0.2) is 29.2 Å². The van der Waals surface area contributed by atoms with Crippen molar-refractivity contribution >= 4 is 60.1 Å². The number of thiophene rings is 1. The molecule has 0 unspecified atom stereocenters. The zero-order valence-electron chi connectivity index (χ0n) is 10.4. The molecule has 0 bridgehead atoms. The van der Waals surface area contributed by atoms with Crippen LogP contribution in [0.2, 0.25) is 0 Å². The van der Waals surface area contributed by atoms with E-state index in [1.807, 2.05) is 6.92 Å². The maximum atomic E-state index is 12.1. The maximum absolute atomic E-state index is 12.1. The molecule has 106 valence electrons. The van der Waals surface area contributed by atoms with Gasteiger partial charge in [-0.15, -0.1) is 11.3 Å². The molecule has 0 radical (unpaired) electrons. The van der Waals surface area contributed by atoms with Gasteiger partial charge in [-0.3, -0.25) is 9.89 Å². The molecule has 0 saturated heterocycles. The maximum Gasteiger partial charge on any atom is 0.340 e. The normalized spacial score (nSPS) is 10.4. The number of carbonyl (C=O) groups is 2. The molecule has 9 heteroatoms. The minimum Gasteiger partial charge on any atom is -0.465 e. The summed E-state index contributed by atoms with van der Waals surface area (Å²) in [7, 11) is 1.29. The van der Waals surface area contributed by atoms with E-state index >= 15 is 0 Å². The molecule has 0 saturated carbocycles. The van der Waals surface area contributed by atoms with E-state index in [0.29, 0.717) is 19.6 Å². The van der Waals surface area contributed by atoms with E-state index in [4.69, 9.17) is 0 Å². The molecular weight excluding hydrogens is 414 g/mol. The van der Waals surface area contributed by atoms with E-state index < -0.39 is 11.9 Å². The van der Waals surface area contributed by atoms with Crippen LogP contribution >= 0.6 is 43.2 Å². The number of nitrogens with zero attached hydrogens (tertiary/aromatic N) is 1. The van der Waals surface area contributed by atoms with Crippen LogP contribution in [0, 0.1) is 6.92 Å². The van der Waals surface area contributed by atoms with Gasteiger partial charge in [-0.05, 0) is 44.8 Å². The number of aromatic amines is 1. The number of hydrogen-bond donors (Lipinski definition) is 2. The first-order chi connectivity index (χ1) is 9.43. The SMILES string of the molecule is COC(=O)c1cc(C)sc1NC(=O)c1n[nH]c(Br)c1Br. The van der Waals surface area contributed by atoms with Gasteiger partial charge in [0.25, 0.3) is 5.91 Å². The summed E-state index contributed by atoms with van der Waals surface area (Å²) in [5.74, 6) is -0.919. The Labute approximate surface area is 135 Å². The Kier molecular flexibility index (Phi) is 4.61. The Morgan fingerprint density at radius 1 is 1.45 bits per heavy atom. The zero-order valence-corrected chi connectivity index (χ0v) is 14.4. The number of hydrogen-bond acceptors (Lipinski definition) is 5. The van der Waals surface area contributed by atoms with Crippen LogP contribution in [-0.2, 0) is 4.74 Å². The van der Waals surface area contributed by atoms with Gasteiger partial charge in [0.15, 0.2) is 5.69 Å². The van der Waals surface area contributed by atoms with Crippen LogP contribution in [0.4, 0.5) is 5.00 Å². The number of halogens is 2. The average molecular weight is 423 g/mol. The van der Waals surface area contributed by atoms with Crippen molar-refractivity contribution in [2.75, 3.05) is 12.4 Å². The summed E-state index contributed by atoms with van der Waals surface area (Å²) < 4.78 is 5.77. The van der Waals surface area contributed by atoms with E-state index in [0.717, 1.165) is 4.88 Å². The van der Waals surface area contributed by atoms with Crippen LogP contribution in [0.1, 0.15) is 25.7 Å². The van der Waals surface area contributed by atoms with Crippen LogP contribution in [0.3, 0.4) is 0 Å². The largest absolute Gasteiger partial charge is 0.465 e. The van der Waals surface area contributed by atoms with Crippen LogP contribution in [0.25, 0.3) is 0 Å². The molecule has 1 amide bonds. The smallest absolute Gasteiger partial charge is 0.340 e. The molecule has 0 aromatic carbocycles. The third kappa shape index (κ3) is 2.94. The monoisotopic (exact) mass is 421 g/mol. The summed E-state index contributed by atoms with van der Waals surface area (Å²) >= 11 is 7.74. The van der Waals surface area contributed by atoms with Crippen molar-refractivity contribution in [2.24, 2.45) is 0 Å². The second-order valence-electron chi connectivity index (χ2n) is 3.75. The molecule has 6 nitrogen and oxygen atoms in total. The van der Waals surface area contributed by atoms with Gasteiger partial charge >= 0.3 is 5.97 Å². The second-order valence-corrected chi connectivity index (χ2v) is 6.59. The highest BCUT2D eigenvalue weighted by Crippen LogP contribution is 2.30. The van der Waals surface area contributed by atoms with Crippen molar-refractivity contribution in [2.45, 2.75) is 6.92 Å². The molecule has 20 heavy (non-hydrogen) atoms. The quantitative estimate of drug-likeness (QED) is 0.743. The Bertz CT molecular complexity index is 681. The lowest BCUT2D eigenvalue weighted by Gasteiger charge is -2.03. The fraction of sp³-hybridized carbons (Fsp3) is 0.182. The molecule has 2 rings (SSSR count). The fourth-order valence-corrected chi connectivity index (χ4v) is 3.02. The van der Waals surface area contributed by atoms with Crippen molar-refractivity contribution in [1.29, 1.82) is 0 Å². The molecule has 0 spiro atoms. The van der Waals surface area contributed by atoms with Crippen molar-refractivity contribution in [3.63, 3.8) is 0 Å². The van der Waals surface area contributed by atoms with Crippen LogP contribution < -0.4 is 5.32 Å². The Balaban J connectivity index is 2.28. The topological polar surface area (TPSA) is 84.1 Å². The number of H-pyrrole nitrogens is 1. The highest BCUT2D eigenvalue weighted by atomic mass is 79.9. The lowest BCUT2D eigenvalue weighted by molar-refractivity contribution is 0.0602. The van der Waals surface area contributed by atoms with Crippen molar-refractivity contribution in [3.05, 3.63) is 31.3 Å². The van der Waals surface area contributed by atoms with Crippen molar-refractivity contribution in [1.82, 2.24) is 10.2 Å². The van der Waals surface area contributed by atoms with E-state index in [1.165, 1.54) is 18.4 Å². The van der Waals surface area contributed by atoms with Gasteiger partial charge in [0.05, 0.1) is 17.1 Å². The molecule has 0 atom stereocenters. The number of aromatic nitrogens is 2. The number of aryl methyl sites for hydroxylation is 1. The summed E-state index contributed by atoms with van der Waals surface area (Å²) in [5, 5.41) is 9.60. The molecule has 0 fully saturated rings. The van der Waals surface area contributed by atoms with Gasteiger partial charge in [-0.25, -0.2) is 4.79 Å². The Morgan fingerprint density at radius 2 is 2.15 bits per heavy atom. The first-order valence-electron chi connectivity index (χ1n) is 5.33. The fourth-order valence-electron chi connectivity index (χ4n) is 1.49. The van der Waals surface area contributed by atoms with Gasteiger partial charge < -0.3 is 10.1 Å². The number of nitrogens with one attached hydrogen (secondary N) is 2. The first kappa shape index (κ1) is 15.2. The van der Waals surface area contributed by atoms with Gasteiger partial charge in [0.2, 0.25) is 0 Å². The molecule has 0 aliphatic heterocycles. The molecule has 2 N–H and O–H groups in total.